The van der Waals surface area contributed by atoms with E-state index in [0.717, 1.165) is 5.56 Å². The topological polar surface area (TPSA) is 89.0 Å². The number of hydrogen-bond donors (Lipinski definition) is 2. The summed E-state index contributed by atoms with van der Waals surface area (Å²) in [6.45, 7) is 4.10. The molecule has 0 atom stereocenters. The summed E-state index contributed by atoms with van der Waals surface area (Å²) in [5.74, 6) is -0.836. The van der Waals surface area contributed by atoms with Crippen LogP contribution in [0.5, 0.6) is 11.5 Å². The first-order chi connectivity index (χ1) is 13.0. The number of methoxy groups -OCH3 is 1. The summed E-state index contributed by atoms with van der Waals surface area (Å²) in [6, 6.07) is 10.4. The van der Waals surface area contributed by atoms with Crippen molar-refractivity contribution in [3.8, 4) is 11.5 Å². The minimum atomic E-state index is -0.890. The Kier molecular flexibility index (Phi) is 7.19. The molecule has 0 bridgehead atoms. The van der Waals surface area contributed by atoms with Gasteiger partial charge in [-0.05, 0) is 43.2 Å². The van der Waals surface area contributed by atoms with Crippen LogP contribution < -0.4 is 20.2 Å². The number of carbonyl (C=O) groups excluding carboxylic acids is 2. The van der Waals surface area contributed by atoms with Crippen molar-refractivity contribution in [2.24, 2.45) is 5.10 Å². The molecule has 0 saturated heterocycles. The first kappa shape index (κ1) is 20.3. The molecule has 0 aliphatic rings. The van der Waals surface area contributed by atoms with Crippen molar-refractivity contribution in [2.45, 2.75) is 13.8 Å². The van der Waals surface area contributed by atoms with Crippen LogP contribution in [-0.4, -0.2) is 31.7 Å². The van der Waals surface area contributed by atoms with E-state index in [-0.39, 0.29) is 0 Å². The Labute approximate surface area is 162 Å². The van der Waals surface area contributed by atoms with Gasteiger partial charge in [-0.25, -0.2) is 5.43 Å². The van der Waals surface area contributed by atoms with Gasteiger partial charge in [-0.3, -0.25) is 9.59 Å². The molecule has 2 rings (SSSR count). The zero-order chi connectivity index (χ0) is 19.8. The van der Waals surface area contributed by atoms with E-state index in [2.05, 4.69) is 15.8 Å². The molecule has 0 aromatic heterocycles. The van der Waals surface area contributed by atoms with Crippen molar-refractivity contribution in [3.63, 3.8) is 0 Å². The van der Waals surface area contributed by atoms with E-state index in [1.54, 1.807) is 24.3 Å². The van der Waals surface area contributed by atoms with Gasteiger partial charge in [0.2, 0.25) is 0 Å². The van der Waals surface area contributed by atoms with E-state index in [9.17, 15) is 9.59 Å². The van der Waals surface area contributed by atoms with Gasteiger partial charge in [-0.1, -0.05) is 29.8 Å². The minimum Gasteiger partial charge on any atom is -0.493 e. The Morgan fingerprint density at radius 1 is 1.22 bits per heavy atom. The number of halogens is 1. The molecule has 0 fully saturated rings. The molecule has 0 radical (unpaired) electrons. The summed E-state index contributed by atoms with van der Waals surface area (Å²) in [5, 5.41) is 6.65. The highest BCUT2D eigenvalue weighted by atomic mass is 35.5. The molecular weight excluding hydrogens is 370 g/mol. The van der Waals surface area contributed by atoms with E-state index in [1.165, 1.54) is 13.3 Å². The fourth-order valence-electron chi connectivity index (χ4n) is 2.21. The number of hydrogen-bond acceptors (Lipinski definition) is 5. The second-order valence-electron chi connectivity index (χ2n) is 5.44. The number of rotatable bonds is 6. The predicted molar refractivity (Wildman–Crippen MR) is 105 cm³/mol. The normalized spacial score (nSPS) is 10.5. The van der Waals surface area contributed by atoms with Gasteiger partial charge in [0.25, 0.3) is 0 Å². The van der Waals surface area contributed by atoms with Crippen LogP contribution in [0, 0.1) is 6.92 Å². The molecule has 8 heteroatoms. The lowest BCUT2D eigenvalue weighted by molar-refractivity contribution is -0.136. The number of anilines is 1. The standard InChI is InChI=1S/C19H20ClN3O4/c1-4-27-17-14(20)9-13(10-16(17)26-3)11-21-23-19(25)18(24)22-15-8-6-5-7-12(15)2/h5-11H,4H2,1-3H3,(H,22,24)(H,23,25)/b21-11-. The Morgan fingerprint density at radius 2 is 1.96 bits per heavy atom. The van der Waals surface area contributed by atoms with E-state index in [0.29, 0.717) is 34.4 Å². The van der Waals surface area contributed by atoms with E-state index >= 15 is 0 Å². The smallest absolute Gasteiger partial charge is 0.329 e. The largest absolute Gasteiger partial charge is 0.493 e. The van der Waals surface area contributed by atoms with Crippen LogP contribution in [0.1, 0.15) is 18.1 Å². The Balaban J connectivity index is 2.02. The zero-order valence-electron chi connectivity index (χ0n) is 15.2. The van der Waals surface area contributed by atoms with Crippen LogP contribution in [-0.2, 0) is 9.59 Å². The number of carbonyl (C=O) groups is 2. The van der Waals surface area contributed by atoms with Gasteiger partial charge < -0.3 is 14.8 Å². The van der Waals surface area contributed by atoms with Gasteiger partial charge in [0.1, 0.15) is 0 Å². The summed E-state index contributed by atoms with van der Waals surface area (Å²) < 4.78 is 10.7. The highest BCUT2D eigenvalue weighted by molar-refractivity contribution is 6.39. The number of amides is 2. The third-order valence-electron chi connectivity index (χ3n) is 3.52. The highest BCUT2D eigenvalue weighted by Crippen LogP contribution is 2.35. The Bertz CT molecular complexity index is 868. The lowest BCUT2D eigenvalue weighted by Gasteiger charge is -2.11. The molecule has 0 unspecified atom stereocenters. The van der Waals surface area contributed by atoms with Crippen molar-refractivity contribution in [3.05, 3.63) is 52.5 Å². The molecule has 2 aromatic rings. The molecule has 0 spiro atoms. The van der Waals surface area contributed by atoms with E-state index in [1.807, 2.05) is 26.0 Å². The fraction of sp³-hybridized carbons (Fsp3) is 0.211. The van der Waals surface area contributed by atoms with Gasteiger partial charge >= 0.3 is 11.8 Å². The number of nitrogens with zero attached hydrogens (tertiary/aromatic N) is 1. The summed E-state index contributed by atoms with van der Waals surface area (Å²) in [5.41, 5.74) is 4.15. The number of ether oxygens (including phenoxy) is 2. The number of benzene rings is 2. The Hall–Kier alpha value is -3.06. The third kappa shape index (κ3) is 5.46. The average Bonchev–Trinajstić information content (AvgIpc) is 2.65. The molecule has 0 aliphatic heterocycles. The van der Waals surface area contributed by atoms with Crippen LogP contribution in [0.25, 0.3) is 0 Å². The number of para-hydroxylation sites is 1. The second kappa shape index (κ2) is 9.59. The van der Waals surface area contributed by atoms with Crippen molar-refractivity contribution >= 4 is 35.3 Å². The number of nitrogens with one attached hydrogen (secondary N) is 2. The van der Waals surface area contributed by atoms with Gasteiger partial charge in [-0.15, -0.1) is 0 Å². The summed E-state index contributed by atoms with van der Waals surface area (Å²) >= 11 is 6.17. The summed E-state index contributed by atoms with van der Waals surface area (Å²) in [7, 11) is 1.49. The molecule has 0 heterocycles. The zero-order valence-corrected chi connectivity index (χ0v) is 16.0. The van der Waals surface area contributed by atoms with Crippen molar-refractivity contribution in [1.82, 2.24) is 5.43 Å². The van der Waals surface area contributed by atoms with Gasteiger partial charge in [0.05, 0.1) is 25.0 Å². The second-order valence-corrected chi connectivity index (χ2v) is 5.84. The first-order valence-electron chi connectivity index (χ1n) is 8.16. The van der Waals surface area contributed by atoms with E-state index in [4.69, 9.17) is 21.1 Å². The quantitative estimate of drug-likeness (QED) is 0.451. The average molecular weight is 390 g/mol. The maximum Gasteiger partial charge on any atom is 0.329 e. The van der Waals surface area contributed by atoms with Crippen LogP contribution in [0.15, 0.2) is 41.5 Å². The lowest BCUT2D eigenvalue weighted by atomic mass is 10.2. The van der Waals surface area contributed by atoms with Crippen molar-refractivity contribution in [2.75, 3.05) is 19.0 Å². The maximum atomic E-state index is 11.9. The van der Waals surface area contributed by atoms with Crippen LogP contribution >= 0.6 is 11.6 Å². The third-order valence-corrected chi connectivity index (χ3v) is 3.80. The summed E-state index contributed by atoms with van der Waals surface area (Å²) in [6.07, 6.45) is 1.35. The SMILES string of the molecule is CCOc1c(Cl)cc(/C=N\NC(=O)C(=O)Nc2ccccc2C)cc1OC. The van der Waals surface area contributed by atoms with Gasteiger partial charge in [0, 0.05) is 5.69 Å². The summed E-state index contributed by atoms with van der Waals surface area (Å²) in [4.78, 5) is 23.8. The molecule has 0 saturated carbocycles. The fourth-order valence-corrected chi connectivity index (χ4v) is 2.48. The lowest BCUT2D eigenvalue weighted by Crippen LogP contribution is -2.32. The molecule has 2 N–H and O–H groups in total. The Morgan fingerprint density at radius 3 is 2.63 bits per heavy atom. The van der Waals surface area contributed by atoms with Crippen molar-refractivity contribution in [1.29, 1.82) is 0 Å². The van der Waals surface area contributed by atoms with Crippen LogP contribution in [0.3, 0.4) is 0 Å². The van der Waals surface area contributed by atoms with Crippen molar-refractivity contribution < 1.29 is 19.1 Å². The first-order valence-corrected chi connectivity index (χ1v) is 8.54. The molecule has 2 amide bonds. The minimum absolute atomic E-state index is 0.348. The van der Waals surface area contributed by atoms with Gasteiger partial charge in [0.15, 0.2) is 11.5 Å². The maximum absolute atomic E-state index is 11.9. The van der Waals surface area contributed by atoms with Crippen LogP contribution in [0.4, 0.5) is 5.69 Å². The number of aryl methyl sites for hydroxylation is 1. The molecule has 7 nitrogen and oxygen atoms in total. The van der Waals surface area contributed by atoms with Gasteiger partial charge in [-0.2, -0.15) is 5.10 Å². The molecule has 0 aliphatic carbocycles. The number of hydrazone groups is 1. The molecule has 2 aromatic carbocycles. The van der Waals surface area contributed by atoms with Crippen LogP contribution in [0.2, 0.25) is 5.02 Å². The molecule has 27 heavy (non-hydrogen) atoms. The predicted octanol–water partition coefficient (Wildman–Crippen LogP) is 3.14. The molecular formula is C19H20ClN3O4. The molecule has 142 valence electrons. The monoisotopic (exact) mass is 389 g/mol. The van der Waals surface area contributed by atoms with E-state index < -0.39 is 11.8 Å². The highest BCUT2D eigenvalue weighted by Gasteiger charge is 2.14.